The summed E-state index contributed by atoms with van der Waals surface area (Å²) in [5, 5.41) is 0. The predicted octanol–water partition coefficient (Wildman–Crippen LogP) is 2.45. The summed E-state index contributed by atoms with van der Waals surface area (Å²) in [4.78, 5) is 23.7. The lowest BCUT2D eigenvalue weighted by Crippen LogP contribution is -2.09. The van der Waals surface area contributed by atoms with E-state index in [0.29, 0.717) is 13.2 Å². The van der Waals surface area contributed by atoms with Crippen LogP contribution >= 0.6 is 11.8 Å². The maximum absolute atomic E-state index is 11.5. The topological polar surface area (TPSA) is 52.6 Å². The maximum Gasteiger partial charge on any atom is 0.316 e. The summed E-state index contributed by atoms with van der Waals surface area (Å²) >= 11 is 1.37. The summed E-state index contributed by atoms with van der Waals surface area (Å²) in [6.07, 6.45) is 0.222. The highest BCUT2D eigenvalue weighted by Gasteiger charge is 2.10. The fourth-order valence-corrected chi connectivity index (χ4v) is 2.35. The highest BCUT2D eigenvalue weighted by atomic mass is 32.2. The molecule has 0 unspecified atom stereocenters. The lowest BCUT2D eigenvalue weighted by Gasteiger charge is -2.08. The highest BCUT2D eigenvalue weighted by molar-refractivity contribution is 8.00. The first-order valence-corrected chi connectivity index (χ1v) is 7.17. The Balaban J connectivity index is 2.62. The zero-order valence-electron chi connectivity index (χ0n) is 11.2. The fourth-order valence-electron chi connectivity index (χ4n) is 1.50. The van der Waals surface area contributed by atoms with Crippen LogP contribution in [-0.2, 0) is 25.5 Å². The molecule has 0 saturated carbocycles. The zero-order chi connectivity index (χ0) is 14.1. The van der Waals surface area contributed by atoms with E-state index in [4.69, 9.17) is 9.47 Å². The zero-order valence-corrected chi connectivity index (χ0v) is 12.0. The van der Waals surface area contributed by atoms with Gasteiger partial charge in [0.15, 0.2) is 0 Å². The summed E-state index contributed by atoms with van der Waals surface area (Å²) in [6, 6.07) is 7.49. The number of ether oxygens (including phenoxy) is 2. The second-order valence-corrected chi connectivity index (χ2v) is 4.70. The van der Waals surface area contributed by atoms with Crippen molar-refractivity contribution in [1.82, 2.24) is 0 Å². The van der Waals surface area contributed by atoms with Crippen LogP contribution < -0.4 is 0 Å². The van der Waals surface area contributed by atoms with Crippen LogP contribution in [0, 0.1) is 0 Å². The van der Waals surface area contributed by atoms with E-state index >= 15 is 0 Å². The van der Waals surface area contributed by atoms with Crippen LogP contribution in [0.3, 0.4) is 0 Å². The van der Waals surface area contributed by atoms with E-state index in [0.717, 1.165) is 10.5 Å². The Morgan fingerprint density at radius 3 is 2.37 bits per heavy atom. The highest BCUT2D eigenvalue weighted by Crippen LogP contribution is 2.23. The van der Waals surface area contributed by atoms with Crippen molar-refractivity contribution in [2.24, 2.45) is 0 Å². The standard InChI is InChI=1S/C14H18O4S/c1-3-17-13(15)9-11-7-5-6-8-12(11)19-10-14(16)18-4-2/h5-8H,3-4,9-10H2,1-2H3. The molecule has 104 valence electrons. The molecule has 0 N–H and O–H groups in total. The Morgan fingerprint density at radius 2 is 1.68 bits per heavy atom. The van der Waals surface area contributed by atoms with Crippen molar-refractivity contribution in [3.05, 3.63) is 29.8 Å². The third-order valence-corrected chi connectivity index (χ3v) is 3.35. The van der Waals surface area contributed by atoms with Gasteiger partial charge >= 0.3 is 11.9 Å². The van der Waals surface area contributed by atoms with Gasteiger partial charge in [0.2, 0.25) is 0 Å². The van der Waals surface area contributed by atoms with E-state index in [9.17, 15) is 9.59 Å². The van der Waals surface area contributed by atoms with Gasteiger partial charge in [0.05, 0.1) is 25.4 Å². The first-order valence-electron chi connectivity index (χ1n) is 6.19. The van der Waals surface area contributed by atoms with Crippen molar-refractivity contribution in [1.29, 1.82) is 0 Å². The van der Waals surface area contributed by atoms with E-state index < -0.39 is 0 Å². The molecular weight excluding hydrogens is 264 g/mol. The van der Waals surface area contributed by atoms with E-state index in [1.54, 1.807) is 13.8 Å². The van der Waals surface area contributed by atoms with Crippen LogP contribution in [-0.4, -0.2) is 30.9 Å². The van der Waals surface area contributed by atoms with E-state index in [-0.39, 0.29) is 24.1 Å². The molecule has 0 aromatic heterocycles. The normalized spacial score (nSPS) is 10.0. The van der Waals surface area contributed by atoms with Gasteiger partial charge in [-0.3, -0.25) is 9.59 Å². The molecule has 0 aliphatic carbocycles. The molecule has 0 amide bonds. The average molecular weight is 282 g/mol. The van der Waals surface area contributed by atoms with E-state index in [1.807, 2.05) is 24.3 Å². The van der Waals surface area contributed by atoms with Crippen LogP contribution in [0.25, 0.3) is 0 Å². The number of thioether (sulfide) groups is 1. The van der Waals surface area contributed by atoms with Crippen molar-refractivity contribution in [2.45, 2.75) is 25.2 Å². The Kier molecular flexibility index (Phi) is 7.03. The first-order chi connectivity index (χ1) is 9.17. The Hall–Kier alpha value is -1.49. The summed E-state index contributed by atoms with van der Waals surface area (Å²) in [5.74, 6) is -0.265. The SMILES string of the molecule is CCOC(=O)CSc1ccccc1CC(=O)OCC. The minimum Gasteiger partial charge on any atom is -0.466 e. The Labute approximate surface area is 117 Å². The summed E-state index contributed by atoms with van der Waals surface area (Å²) in [6.45, 7) is 4.30. The molecule has 0 atom stereocenters. The van der Waals surface area contributed by atoms with Crippen LogP contribution in [0.15, 0.2) is 29.2 Å². The second-order valence-electron chi connectivity index (χ2n) is 3.68. The quantitative estimate of drug-likeness (QED) is 0.568. The molecule has 0 heterocycles. The molecule has 0 aliphatic heterocycles. The number of esters is 2. The van der Waals surface area contributed by atoms with Gasteiger partial charge in [-0.25, -0.2) is 0 Å². The minimum absolute atomic E-state index is 0.222. The molecule has 0 aliphatic rings. The molecule has 1 rings (SSSR count). The largest absolute Gasteiger partial charge is 0.466 e. The first kappa shape index (κ1) is 15.6. The van der Waals surface area contributed by atoms with Crippen molar-refractivity contribution in [3.63, 3.8) is 0 Å². The molecule has 19 heavy (non-hydrogen) atoms. The smallest absolute Gasteiger partial charge is 0.316 e. The van der Waals surface area contributed by atoms with Gasteiger partial charge in [-0.1, -0.05) is 18.2 Å². The number of benzene rings is 1. The molecule has 1 aromatic rings. The molecule has 4 nitrogen and oxygen atoms in total. The third kappa shape index (κ3) is 5.79. The van der Waals surface area contributed by atoms with Crippen molar-refractivity contribution in [2.75, 3.05) is 19.0 Å². The van der Waals surface area contributed by atoms with Crippen LogP contribution in [0.1, 0.15) is 19.4 Å². The van der Waals surface area contributed by atoms with Gasteiger partial charge in [0, 0.05) is 4.90 Å². The third-order valence-electron chi connectivity index (χ3n) is 2.26. The lowest BCUT2D eigenvalue weighted by molar-refractivity contribution is -0.142. The molecule has 0 bridgehead atoms. The summed E-state index contributed by atoms with van der Waals surface area (Å²) in [5.41, 5.74) is 0.871. The van der Waals surface area contributed by atoms with Gasteiger partial charge in [0.1, 0.15) is 0 Å². The second kappa shape index (κ2) is 8.58. The molecule has 5 heteroatoms. The van der Waals surface area contributed by atoms with Gasteiger partial charge in [-0.15, -0.1) is 11.8 Å². The average Bonchev–Trinajstić information content (AvgIpc) is 2.38. The number of hydrogen-bond donors (Lipinski definition) is 0. The van der Waals surface area contributed by atoms with Crippen LogP contribution in [0.5, 0.6) is 0 Å². The molecule has 0 radical (unpaired) electrons. The van der Waals surface area contributed by atoms with Gasteiger partial charge < -0.3 is 9.47 Å². The summed E-state index contributed by atoms with van der Waals surface area (Å²) < 4.78 is 9.80. The molecule has 0 spiro atoms. The van der Waals surface area contributed by atoms with Crippen molar-refractivity contribution >= 4 is 23.7 Å². The number of carbonyl (C=O) groups excluding carboxylic acids is 2. The van der Waals surface area contributed by atoms with Crippen LogP contribution in [0.4, 0.5) is 0 Å². The molecular formula is C14H18O4S. The minimum atomic E-state index is -0.258. The maximum atomic E-state index is 11.5. The summed E-state index contributed by atoms with van der Waals surface area (Å²) in [7, 11) is 0. The van der Waals surface area contributed by atoms with Gasteiger partial charge in [-0.2, -0.15) is 0 Å². The molecule has 1 aromatic carbocycles. The number of rotatable bonds is 7. The van der Waals surface area contributed by atoms with E-state index in [1.165, 1.54) is 11.8 Å². The predicted molar refractivity (Wildman–Crippen MR) is 74.1 cm³/mol. The van der Waals surface area contributed by atoms with E-state index in [2.05, 4.69) is 0 Å². The van der Waals surface area contributed by atoms with Crippen molar-refractivity contribution < 1.29 is 19.1 Å². The monoisotopic (exact) mass is 282 g/mol. The molecule has 0 saturated heterocycles. The Morgan fingerprint density at radius 1 is 1.05 bits per heavy atom. The van der Waals surface area contributed by atoms with Crippen molar-refractivity contribution in [3.8, 4) is 0 Å². The van der Waals surface area contributed by atoms with Gasteiger partial charge in [-0.05, 0) is 25.5 Å². The number of hydrogen-bond acceptors (Lipinski definition) is 5. The fraction of sp³-hybridized carbons (Fsp3) is 0.429. The van der Waals surface area contributed by atoms with Gasteiger partial charge in [0.25, 0.3) is 0 Å². The van der Waals surface area contributed by atoms with Crippen LogP contribution in [0.2, 0.25) is 0 Å². The Bertz CT molecular complexity index is 431. The number of carbonyl (C=O) groups is 2. The lowest BCUT2D eigenvalue weighted by atomic mass is 10.1. The molecule has 0 fully saturated rings.